The first-order valence-electron chi connectivity index (χ1n) is 7.90. The Morgan fingerprint density at radius 3 is 2.64 bits per heavy atom. The van der Waals surface area contributed by atoms with Gasteiger partial charge in [-0.05, 0) is 37.1 Å². The topological polar surface area (TPSA) is 15.7 Å². The summed E-state index contributed by atoms with van der Waals surface area (Å²) in [6.07, 6.45) is 2.64. The first-order valence-corrected chi connectivity index (χ1v) is 9.15. The van der Waals surface area contributed by atoms with E-state index in [2.05, 4.69) is 63.9 Å². The van der Waals surface area contributed by atoms with E-state index in [0.717, 1.165) is 12.3 Å². The monoisotopic (exact) mass is 312 g/mol. The molecule has 0 aromatic heterocycles. The number of methoxy groups -OCH3 is 1. The zero-order valence-corrected chi connectivity index (χ0v) is 13.7. The molecule has 4 rings (SSSR count). The van der Waals surface area contributed by atoms with Crippen molar-refractivity contribution in [1.29, 1.82) is 0 Å². The van der Waals surface area contributed by atoms with E-state index >= 15 is 0 Å². The molecule has 2 saturated heterocycles. The summed E-state index contributed by atoms with van der Waals surface area (Å²) in [5.41, 5.74) is 1.33. The minimum atomic E-state index is -0.505. The van der Waals surface area contributed by atoms with Gasteiger partial charge in [0.05, 0.1) is 12.4 Å². The molecule has 0 aliphatic carbocycles. The second kappa shape index (κ2) is 5.91. The number of fused-ring (bicyclic) bond motifs is 1. The highest BCUT2D eigenvalue weighted by molar-refractivity contribution is 7.65. The molecule has 0 saturated carbocycles. The van der Waals surface area contributed by atoms with E-state index in [-0.39, 0.29) is 0 Å². The fraction of sp³-hybridized carbons (Fsp3) is 0.333. The molecule has 2 atom stereocenters. The number of hydrogen-bond acceptors (Lipinski definition) is 3. The van der Waals surface area contributed by atoms with E-state index in [1.54, 1.807) is 7.11 Å². The maximum absolute atomic E-state index is 5.65. The van der Waals surface area contributed by atoms with Gasteiger partial charge in [-0.3, -0.25) is 4.67 Å². The molecule has 0 amide bonds. The second-order valence-electron chi connectivity index (χ2n) is 5.84. The lowest BCUT2D eigenvalue weighted by atomic mass is 10.2. The summed E-state index contributed by atoms with van der Waals surface area (Å²) < 4.78 is 11.0. The Labute approximate surface area is 133 Å². The Kier molecular flexibility index (Phi) is 3.77. The van der Waals surface area contributed by atoms with Crippen molar-refractivity contribution in [2.45, 2.75) is 18.9 Å². The number of benzene rings is 2. The Morgan fingerprint density at radius 2 is 1.82 bits per heavy atom. The van der Waals surface area contributed by atoms with Crippen LogP contribution < -0.4 is 14.7 Å². The molecule has 0 bridgehead atoms. The van der Waals surface area contributed by atoms with E-state index in [1.807, 2.05) is 0 Å². The molecule has 2 aliphatic rings. The summed E-state index contributed by atoms with van der Waals surface area (Å²) in [6.45, 7) is 2.34. The Balaban J connectivity index is 1.78. The third-order valence-electron chi connectivity index (χ3n) is 4.56. The third-order valence-corrected chi connectivity index (χ3v) is 7.22. The summed E-state index contributed by atoms with van der Waals surface area (Å²) in [7, 11) is 1.27. The van der Waals surface area contributed by atoms with Crippen LogP contribution in [0.15, 0.2) is 54.6 Å². The van der Waals surface area contributed by atoms with Crippen molar-refractivity contribution in [1.82, 2.24) is 4.67 Å². The van der Waals surface area contributed by atoms with Crippen LogP contribution in [0.2, 0.25) is 0 Å². The molecule has 0 radical (unpaired) electrons. The van der Waals surface area contributed by atoms with Gasteiger partial charge in [-0.15, -0.1) is 0 Å². The number of rotatable bonds is 3. The zero-order valence-electron chi connectivity index (χ0n) is 12.9. The summed E-state index contributed by atoms with van der Waals surface area (Å²) in [5.74, 6) is 1.02. The minimum Gasteiger partial charge on any atom is -0.496 e. The van der Waals surface area contributed by atoms with Gasteiger partial charge < -0.3 is 9.41 Å². The molecule has 0 spiro atoms. The van der Waals surface area contributed by atoms with Crippen molar-refractivity contribution in [2.75, 3.05) is 24.9 Å². The van der Waals surface area contributed by atoms with Gasteiger partial charge in [0.2, 0.25) is 0 Å². The molecule has 2 aromatic rings. The van der Waals surface area contributed by atoms with Crippen LogP contribution in [0.3, 0.4) is 0 Å². The Morgan fingerprint density at radius 1 is 1.05 bits per heavy atom. The number of ether oxygens (including phenoxy) is 1. The zero-order chi connectivity index (χ0) is 14.9. The molecule has 3 nitrogen and oxygen atoms in total. The average Bonchev–Trinajstić information content (AvgIpc) is 3.16. The molecule has 114 valence electrons. The van der Waals surface area contributed by atoms with E-state index < -0.39 is 8.22 Å². The van der Waals surface area contributed by atoms with E-state index in [0.29, 0.717) is 6.04 Å². The Bertz CT molecular complexity index is 649. The standard InChI is InChI=1S/C18H21N2OP/c1-21-17-11-5-6-12-18(17)22-19-13-7-10-16(19)14-20(22)15-8-3-2-4-9-15/h2-6,8-9,11-12,16H,7,10,13-14H2,1H3/t16-,22-/m0/s1. The lowest BCUT2D eigenvalue weighted by Gasteiger charge is -2.31. The van der Waals surface area contributed by atoms with Gasteiger partial charge in [-0.2, -0.15) is 0 Å². The summed E-state index contributed by atoms with van der Waals surface area (Å²) in [6, 6.07) is 20.0. The quantitative estimate of drug-likeness (QED) is 0.805. The lowest BCUT2D eigenvalue weighted by Crippen LogP contribution is -2.24. The fourth-order valence-corrected chi connectivity index (χ4v) is 6.47. The van der Waals surface area contributed by atoms with Gasteiger partial charge in [0.1, 0.15) is 14.0 Å². The van der Waals surface area contributed by atoms with E-state index in [1.165, 1.54) is 30.4 Å². The molecular weight excluding hydrogens is 291 g/mol. The molecule has 2 heterocycles. The molecular formula is C18H21N2OP. The fourth-order valence-electron chi connectivity index (χ4n) is 3.55. The van der Waals surface area contributed by atoms with Crippen LogP contribution in [-0.4, -0.2) is 30.9 Å². The van der Waals surface area contributed by atoms with Gasteiger partial charge in [0.25, 0.3) is 0 Å². The highest BCUT2D eigenvalue weighted by Gasteiger charge is 2.44. The maximum atomic E-state index is 5.65. The van der Waals surface area contributed by atoms with Crippen LogP contribution in [0.4, 0.5) is 5.69 Å². The van der Waals surface area contributed by atoms with Crippen LogP contribution in [0.5, 0.6) is 5.75 Å². The van der Waals surface area contributed by atoms with Gasteiger partial charge in [0, 0.05) is 24.8 Å². The predicted molar refractivity (Wildman–Crippen MR) is 93.1 cm³/mol. The predicted octanol–water partition coefficient (Wildman–Crippen LogP) is 3.62. The average molecular weight is 312 g/mol. The molecule has 22 heavy (non-hydrogen) atoms. The van der Waals surface area contributed by atoms with Crippen molar-refractivity contribution >= 4 is 19.2 Å². The molecule has 2 fully saturated rings. The molecule has 0 unspecified atom stereocenters. The van der Waals surface area contributed by atoms with Crippen LogP contribution in [0.1, 0.15) is 12.8 Å². The van der Waals surface area contributed by atoms with Crippen molar-refractivity contribution in [3.8, 4) is 5.75 Å². The van der Waals surface area contributed by atoms with Crippen molar-refractivity contribution < 1.29 is 4.74 Å². The van der Waals surface area contributed by atoms with Crippen LogP contribution in [-0.2, 0) is 0 Å². The van der Waals surface area contributed by atoms with Crippen LogP contribution >= 0.6 is 8.22 Å². The number of hydrogen-bond donors (Lipinski definition) is 0. The SMILES string of the molecule is COc1ccccc1[P@]1N(c2ccccc2)C[C@@H]2CCCN21. The summed E-state index contributed by atoms with van der Waals surface area (Å²) in [5, 5.41) is 1.34. The van der Waals surface area contributed by atoms with Crippen molar-refractivity contribution in [3.05, 3.63) is 54.6 Å². The number of anilines is 1. The first-order chi connectivity index (χ1) is 10.9. The van der Waals surface area contributed by atoms with Gasteiger partial charge in [-0.1, -0.05) is 30.3 Å². The number of nitrogens with zero attached hydrogens (tertiary/aromatic N) is 2. The molecule has 2 aliphatic heterocycles. The van der Waals surface area contributed by atoms with E-state index in [4.69, 9.17) is 4.74 Å². The lowest BCUT2D eigenvalue weighted by molar-refractivity contribution is 0.417. The molecule has 2 aromatic carbocycles. The molecule has 4 heteroatoms. The van der Waals surface area contributed by atoms with Crippen LogP contribution in [0.25, 0.3) is 0 Å². The smallest absolute Gasteiger partial charge is 0.129 e. The maximum Gasteiger partial charge on any atom is 0.129 e. The summed E-state index contributed by atoms with van der Waals surface area (Å²) in [4.78, 5) is 0. The Hall–Kier alpha value is -1.57. The van der Waals surface area contributed by atoms with Gasteiger partial charge in [-0.25, -0.2) is 0 Å². The highest BCUT2D eigenvalue weighted by atomic mass is 31.1. The van der Waals surface area contributed by atoms with E-state index in [9.17, 15) is 0 Å². The summed E-state index contributed by atoms with van der Waals surface area (Å²) >= 11 is 0. The first kappa shape index (κ1) is 14.0. The normalized spacial score (nSPS) is 24.5. The molecule has 0 N–H and O–H groups in total. The second-order valence-corrected chi connectivity index (χ2v) is 7.90. The largest absolute Gasteiger partial charge is 0.496 e. The van der Waals surface area contributed by atoms with Crippen LogP contribution in [0, 0.1) is 0 Å². The van der Waals surface area contributed by atoms with Crippen molar-refractivity contribution in [2.24, 2.45) is 0 Å². The van der Waals surface area contributed by atoms with Gasteiger partial charge >= 0.3 is 0 Å². The minimum absolute atomic E-state index is 0.505. The van der Waals surface area contributed by atoms with Crippen molar-refractivity contribution in [3.63, 3.8) is 0 Å². The highest BCUT2D eigenvalue weighted by Crippen LogP contribution is 2.56. The van der Waals surface area contributed by atoms with Gasteiger partial charge in [0.15, 0.2) is 0 Å². The third kappa shape index (κ3) is 2.29. The number of para-hydroxylation sites is 2.